The number of carboxylic acids is 1. The molecule has 1 amide bonds. The molecule has 26 heavy (non-hydrogen) atoms. The average molecular weight is 352 g/mol. The van der Waals surface area contributed by atoms with Gasteiger partial charge >= 0.3 is 5.97 Å². The van der Waals surface area contributed by atoms with E-state index < -0.39 is 16.8 Å². The number of amides is 1. The molecule has 0 aromatic heterocycles. The Morgan fingerprint density at radius 3 is 2.58 bits per heavy atom. The number of carbonyl (C=O) groups is 2. The van der Waals surface area contributed by atoms with Crippen LogP contribution in [0.2, 0.25) is 0 Å². The number of nitrogens with zero attached hydrogens (tertiary/aromatic N) is 2. The van der Waals surface area contributed by atoms with E-state index in [1.165, 1.54) is 42.5 Å². The Balaban J connectivity index is 2.18. The standard InChI is InChI=1S/C17H12N4O5/c18-9-12(10-19-13-5-3-4-11(8-13)17(23)24)16(22)20-14-6-1-2-7-15(14)21(25)26/h1-8,10,19H,(H,20,22)(H,23,24)/b12-10-. The van der Waals surface area contributed by atoms with Crippen LogP contribution in [0.4, 0.5) is 17.1 Å². The average Bonchev–Trinajstić information content (AvgIpc) is 2.62. The maximum Gasteiger partial charge on any atom is 0.335 e. The minimum atomic E-state index is -1.12. The van der Waals surface area contributed by atoms with Crippen LogP contribution < -0.4 is 10.6 Å². The summed E-state index contributed by atoms with van der Waals surface area (Å²) >= 11 is 0. The first-order valence-corrected chi connectivity index (χ1v) is 7.17. The molecule has 130 valence electrons. The number of rotatable bonds is 6. The topological polar surface area (TPSA) is 145 Å². The monoisotopic (exact) mass is 352 g/mol. The van der Waals surface area contributed by atoms with Gasteiger partial charge in [0.15, 0.2) is 0 Å². The first-order valence-electron chi connectivity index (χ1n) is 7.17. The van der Waals surface area contributed by atoms with Gasteiger partial charge in [0.25, 0.3) is 11.6 Å². The first kappa shape index (κ1) is 18.2. The largest absolute Gasteiger partial charge is 0.478 e. The molecule has 0 saturated carbocycles. The molecule has 0 aliphatic heterocycles. The maximum atomic E-state index is 12.2. The van der Waals surface area contributed by atoms with E-state index >= 15 is 0 Å². The van der Waals surface area contributed by atoms with Gasteiger partial charge in [-0.2, -0.15) is 5.26 Å². The van der Waals surface area contributed by atoms with Crippen LogP contribution in [0.1, 0.15) is 10.4 Å². The second-order valence-corrected chi connectivity index (χ2v) is 4.93. The van der Waals surface area contributed by atoms with Crippen molar-refractivity contribution >= 4 is 28.9 Å². The summed E-state index contributed by atoms with van der Waals surface area (Å²) in [5.41, 5.74) is -0.303. The zero-order valence-electron chi connectivity index (χ0n) is 13.2. The molecule has 0 aliphatic carbocycles. The number of nitriles is 1. The SMILES string of the molecule is N#C/C(=C/Nc1cccc(C(=O)O)c1)C(=O)Nc1ccccc1[N+](=O)[O-]. The van der Waals surface area contributed by atoms with E-state index in [-0.39, 0.29) is 22.5 Å². The predicted molar refractivity (Wildman–Crippen MR) is 92.4 cm³/mol. The third kappa shape index (κ3) is 4.42. The normalized spacial score (nSPS) is 10.5. The van der Waals surface area contributed by atoms with Gasteiger partial charge < -0.3 is 15.7 Å². The van der Waals surface area contributed by atoms with Crippen molar-refractivity contribution in [1.29, 1.82) is 5.26 Å². The highest BCUT2D eigenvalue weighted by atomic mass is 16.6. The fourth-order valence-corrected chi connectivity index (χ4v) is 1.97. The zero-order valence-corrected chi connectivity index (χ0v) is 13.2. The Kier molecular flexibility index (Phi) is 5.63. The number of hydrogen-bond acceptors (Lipinski definition) is 6. The fraction of sp³-hybridized carbons (Fsp3) is 0. The lowest BCUT2D eigenvalue weighted by Gasteiger charge is -2.06. The molecule has 3 N–H and O–H groups in total. The van der Waals surface area contributed by atoms with E-state index in [2.05, 4.69) is 10.6 Å². The Hall–Kier alpha value is -4.19. The summed E-state index contributed by atoms with van der Waals surface area (Å²) in [5, 5.41) is 34.0. The van der Waals surface area contributed by atoms with Crippen molar-refractivity contribution in [2.45, 2.75) is 0 Å². The Labute approximate surface area is 147 Å². The molecule has 0 radical (unpaired) electrons. The number of hydrogen-bond donors (Lipinski definition) is 3. The number of anilines is 2. The molecule has 0 unspecified atom stereocenters. The molecular formula is C17H12N4O5. The Morgan fingerprint density at radius 1 is 1.19 bits per heavy atom. The minimum Gasteiger partial charge on any atom is -0.478 e. The number of nitro benzene ring substituents is 1. The molecule has 0 saturated heterocycles. The van der Waals surface area contributed by atoms with Gasteiger partial charge in [-0.25, -0.2) is 4.79 Å². The number of carbonyl (C=O) groups excluding carboxylic acids is 1. The van der Waals surface area contributed by atoms with Crippen LogP contribution in [0, 0.1) is 21.4 Å². The number of carboxylic acid groups (broad SMARTS) is 1. The molecule has 9 nitrogen and oxygen atoms in total. The van der Waals surface area contributed by atoms with Crippen LogP contribution in [0.15, 0.2) is 60.3 Å². The van der Waals surface area contributed by atoms with Crippen LogP contribution in [-0.4, -0.2) is 21.9 Å². The van der Waals surface area contributed by atoms with Crippen molar-refractivity contribution in [3.05, 3.63) is 76.0 Å². The molecule has 0 bridgehead atoms. The molecule has 0 heterocycles. The van der Waals surface area contributed by atoms with Gasteiger partial charge in [-0.15, -0.1) is 0 Å². The lowest BCUT2D eigenvalue weighted by molar-refractivity contribution is -0.383. The van der Waals surface area contributed by atoms with E-state index in [1.807, 2.05) is 0 Å². The van der Waals surface area contributed by atoms with Crippen molar-refractivity contribution in [3.63, 3.8) is 0 Å². The number of nitrogens with one attached hydrogen (secondary N) is 2. The highest BCUT2D eigenvalue weighted by Crippen LogP contribution is 2.23. The molecule has 2 rings (SSSR count). The molecular weight excluding hydrogens is 340 g/mol. The fourth-order valence-electron chi connectivity index (χ4n) is 1.97. The third-order valence-corrected chi connectivity index (χ3v) is 3.21. The zero-order chi connectivity index (χ0) is 19.1. The highest BCUT2D eigenvalue weighted by Gasteiger charge is 2.17. The number of benzene rings is 2. The molecule has 0 fully saturated rings. The van der Waals surface area contributed by atoms with Crippen LogP contribution in [0.5, 0.6) is 0 Å². The van der Waals surface area contributed by atoms with Crippen molar-refractivity contribution in [1.82, 2.24) is 0 Å². The lowest BCUT2D eigenvalue weighted by Crippen LogP contribution is -2.15. The van der Waals surface area contributed by atoms with Gasteiger partial charge in [-0.05, 0) is 24.3 Å². The molecule has 0 aliphatic rings. The smallest absolute Gasteiger partial charge is 0.335 e. The second kappa shape index (κ2) is 8.07. The van der Waals surface area contributed by atoms with Crippen LogP contribution >= 0.6 is 0 Å². The summed E-state index contributed by atoms with van der Waals surface area (Å²) in [6.07, 6.45) is 1.09. The van der Waals surface area contributed by atoms with Gasteiger partial charge in [0.1, 0.15) is 17.3 Å². The van der Waals surface area contributed by atoms with E-state index in [4.69, 9.17) is 10.4 Å². The van der Waals surface area contributed by atoms with Gasteiger partial charge in [0.05, 0.1) is 10.5 Å². The van der Waals surface area contributed by atoms with Gasteiger partial charge in [-0.3, -0.25) is 14.9 Å². The summed E-state index contributed by atoms with van der Waals surface area (Å²) in [4.78, 5) is 33.4. The summed E-state index contributed by atoms with van der Waals surface area (Å²) in [5.74, 6) is -1.96. The molecule has 2 aromatic rings. The van der Waals surface area contributed by atoms with E-state index in [9.17, 15) is 19.7 Å². The number of para-hydroxylation sites is 2. The summed E-state index contributed by atoms with van der Waals surface area (Å²) < 4.78 is 0. The second-order valence-electron chi connectivity index (χ2n) is 4.93. The van der Waals surface area contributed by atoms with Gasteiger partial charge in [0, 0.05) is 18.0 Å². The van der Waals surface area contributed by atoms with E-state index in [0.29, 0.717) is 5.69 Å². The number of aromatic carboxylic acids is 1. The minimum absolute atomic E-state index is 0.0336. The quantitative estimate of drug-likeness (QED) is 0.313. The van der Waals surface area contributed by atoms with Crippen molar-refractivity contribution in [2.24, 2.45) is 0 Å². The van der Waals surface area contributed by atoms with Gasteiger partial charge in [0.2, 0.25) is 0 Å². The molecule has 9 heteroatoms. The van der Waals surface area contributed by atoms with Crippen molar-refractivity contribution in [3.8, 4) is 6.07 Å². The van der Waals surface area contributed by atoms with Crippen molar-refractivity contribution < 1.29 is 19.6 Å². The molecule has 0 atom stereocenters. The maximum absolute atomic E-state index is 12.2. The van der Waals surface area contributed by atoms with E-state index in [1.54, 1.807) is 12.1 Å². The summed E-state index contributed by atoms with van der Waals surface area (Å²) in [6.45, 7) is 0. The van der Waals surface area contributed by atoms with Crippen LogP contribution in [0.25, 0.3) is 0 Å². The molecule has 0 spiro atoms. The molecule has 2 aromatic carbocycles. The van der Waals surface area contributed by atoms with Crippen LogP contribution in [-0.2, 0) is 4.79 Å². The van der Waals surface area contributed by atoms with Crippen LogP contribution in [0.3, 0.4) is 0 Å². The third-order valence-electron chi connectivity index (χ3n) is 3.21. The summed E-state index contributed by atoms with van der Waals surface area (Å²) in [6, 6.07) is 13.0. The lowest BCUT2D eigenvalue weighted by atomic mass is 10.2. The van der Waals surface area contributed by atoms with E-state index in [0.717, 1.165) is 6.20 Å². The first-order chi connectivity index (χ1) is 12.4. The Morgan fingerprint density at radius 2 is 1.92 bits per heavy atom. The van der Waals surface area contributed by atoms with Gasteiger partial charge in [-0.1, -0.05) is 18.2 Å². The number of nitro groups is 1. The summed E-state index contributed by atoms with van der Waals surface area (Å²) in [7, 11) is 0. The highest BCUT2D eigenvalue weighted by molar-refractivity contribution is 6.07. The van der Waals surface area contributed by atoms with Crippen molar-refractivity contribution in [2.75, 3.05) is 10.6 Å². The Bertz CT molecular complexity index is 946. The predicted octanol–water partition coefficient (Wildman–Crippen LogP) is 2.75.